The average Bonchev–Trinajstić information content (AvgIpc) is 2.72. The Bertz CT molecular complexity index is 1120. The van der Waals surface area contributed by atoms with Gasteiger partial charge in [0.15, 0.2) is 11.5 Å². The van der Waals surface area contributed by atoms with Gasteiger partial charge >= 0.3 is 0 Å². The van der Waals surface area contributed by atoms with Crippen molar-refractivity contribution in [3.8, 4) is 11.5 Å². The topological polar surface area (TPSA) is 18.5 Å². The summed E-state index contributed by atoms with van der Waals surface area (Å²) in [6.45, 7) is 6.73. The summed E-state index contributed by atoms with van der Waals surface area (Å²) in [7, 11) is 0. The van der Waals surface area contributed by atoms with Gasteiger partial charge in [0.25, 0.3) is 0 Å². The van der Waals surface area contributed by atoms with Crippen LogP contribution in [0, 0.1) is 6.92 Å². The fourth-order valence-corrected chi connectivity index (χ4v) is 3.64. The summed E-state index contributed by atoms with van der Waals surface area (Å²) in [5.41, 5.74) is 4.88. The predicted molar refractivity (Wildman–Crippen MR) is 132 cm³/mol. The van der Waals surface area contributed by atoms with E-state index in [0.717, 1.165) is 27.8 Å². The first kappa shape index (κ1) is 23.8. The van der Waals surface area contributed by atoms with Crippen LogP contribution in [0.2, 0.25) is 20.1 Å². The monoisotopic (exact) mass is 494 g/mol. The average molecular weight is 496 g/mol. The van der Waals surface area contributed by atoms with Gasteiger partial charge in [-0.1, -0.05) is 82.3 Å². The van der Waals surface area contributed by atoms with Gasteiger partial charge in [0, 0.05) is 5.56 Å². The molecule has 162 valence electrons. The van der Waals surface area contributed by atoms with E-state index in [1.165, 1.54) is 0 Å². The van der Waals surface area contributed by atoms with Crippen molar-refractivity contribution in [3.05, 3.63) is 96.4 Å². The molecule has 0 aromatic heterocycles. The van der Waals surface area contributed by atoms with Crippen molar-refractivity contribution in [1.29, 1.82) is 0 Å². The normalized spacial score (nSPS) is 10.7. The van der Waals surface area contributed by atoms with E-state index >= 15 is 0 Å². The molecule has 3 aromatic rings. The van der Waals surface area contributed by atoms with Crippen LogP contribution in [0.25, 0.3) is 6.08 Å². The van der Waals surface area contributed by atoms with E-state index in [1.54, 1.807) is 24.3 Å². The molecule has 0 aliphatic rings. The van der Waals surface area contributed by atoms with Gasteiger partial charge in [0.05, 0.1) is 20.1 Å². The minimum absolute atomic E-state index is 0.326. The zero-order valence-corrected chi connectivity index (χ0v) is 20.5. The Hall–Kier alpha value is -1.84. The van der Waals surface area contributed by atoms with Gasteiger partial charge in [-0.25, -0.2) is 0 Å². The fourth-order valence-electron chi connectivity index (χ4n) is 3.00. The molecule has 0 unspecified atom stereocenters. The molecule has 0 bridgehead atoms. The Morgan fingerprint density at radius 3 is 1.71 bits per heavy atom. The Balaban J connectivity index is 1.91. The molecule has 0 amide bonds. The van der Waals surface area contributed by atoms with Crippen molar-refractivity contribution >= 4 is 52.5 Å². The molecule has 0 atom stereocenters. The van der Waals surface area contributed by atoms with Crippen LogP contribution in [0.5, 0.6) is 11.5 Å². The summed E-state index contributed by atoms with van der Waals surface area (Å²) in [6, 6.07) is 14.9. The second-order valence-corrected chi connectivity index (χ2v) is 9.05. The van der Waals surface area contributed by atoms with Gasteiger partial charge < -0.3 is 9.47 Å². The van der Waals surface area contributed by atoms with E-state index < -0.39 is 0 Å². The third kappa shape index (κ3) is 6.33. The predicted octanol–water partition coefficient (Wildman–Crippen LogP) is 9.19. The molecule has 0 saturated heterocycles. The van der Waals surface area contributed by atoms with E-state index in [-0.39, 0.29) is 0 Å². The van der Waals surface area contributed by atoms with Crippen LogP contribution in [0.1, 0.15) is 36.1 Å². The van der Waals surface area contributed by atoms with E-state index in [0.29, 0.717) is 44.8 Å². The highest BCUT2D eigenvalue weighted by atomic mass is 35.5. The number of halogens is 4. The van der Waals surface area contributed by atoms with Gasteiger partial charge in [-0.05, 0) is 61.7 Å². The summed E-state index contributed by atoms with van der Waals surface area (Å²) >= 11 is 24.3. The molecular formula is C25H22Cl4O2. The lowest BCUT2D eigenvalue weighted by atomic mass is 10.1. The second kappa shape index (κ2) is 10.7. The minimum atomic E-state index is 0.326. The summed E-state index contributed by atoms with van der Waals surface area (Å²) < 4.78 is 12.4. The highest BCUT2D eigenvalue weighted by molar-refractivity contribution is 6.42. The Morgan fingerprint density at radius 1 is 0.710 bits per heavy atom. The molecule has 0 heterocycles. The molecule has 0 aliphatic heterocycles. The van der Waals surface area contributed by atoms with Crippen LogP contribution in [-0.4, -0.2) is 0 Å². The lowest BCUT2D eigenvalue weighted by Gasteiger charge is -2.18. The molecule has 2 nitrogen and oxygen atoms in total. The molecule has 0 radical (unpaired) electrons. The Kier molecular flexibility index (Phi) is 8.18. The van der Waals surface area contributed by atoms with Crippen molar-refractivity contribution < 1.29 is 9.47 Å². The second-order valence-electron chi connectivity index (χ2n) is 7.43. The summed E-state index contributed by atoms with van der Waals surface area (Å²) in [4.78, 5) is 0. The van der Waals surface area contributed by atoms with Crippen molar-refractivity contribution in [1.82, 2.24) is 0 Å². The first-order chi connectivity index (χ1) is 14.7. The highest BCUT2D eigenvalue weighted by Gasteiger charge is 2.15. The van der Waals surface area contributed by atoms with Gasteiger partial charge in [-0.2, -0.15) is 0 Å². The summed E-state index contributed by atoms with van der Waals surface area (Å²) in [5.74, 6) is 1.36. The maximum atomic E-state index is 6.24. The van der Waals surface area contributed by atoms with E-state index in [2.05, 4.69) is 6.08 Å². The van der Waals surface area contributed by atoms with Crippen LogP contribution in [-0.2, 0) is 13.2 Å². The van der Waals surface area contributed by atoms with E-state index in [1.807, 2.05) is 45.0 Å². The molecular weight excluding hydrogens is 474 g/mol. The number of ether oxygens (including phenoxy) is 2. The molecule has 0 aliphatic carbocycles. The lowest BCUT2D eigenvalue weighted by molar-refractivity contribution is 0.254. The maximum Gasteiger partial charge on any atom is 0.169 e. The first-order valence-electron chi connectivity index (χ1n) is 9.66. The summed E-state index contributed by atoms with van der Waals surface area (Å²) in [5, 5.41) is 2.01. The molecule has 3 rings (SSSR count). The number of hydrogen-bond acceptors (Lipinski definition) is 2. The Morgan fingerprint density at radius 2 is 1.23 bits per heavy atom. The smallest absolute Gasteiger partial charge is 0.169 e. The Labute approximate surface area is 203 Å². The zero-order valence-electron chi connectivity index (χ0n) is 17.4. The lowest BCUT2D eigenvalue weighted by Crippen LogP contribution is -2.04. The van der Waals surface area contributed by atoms with Crippen LogP contribution in [0.3, 0.4) is 0 Å². The first-order valence-corrected chi connectivity index (χ1v) is 11.2. The number of aryl methyl sites for hydroxylation is 1. The van der Waals surface area contributed by atoms with Crippen molar-refractivity contribution in [3.63, 3.8) is 0 Å². The third-order valence-electron chi connectivity index (χ3n) is 4.52. The number of hydrogen-bond donors (Lipinski definition) is 0. The molecule has 31 heavy (non-hydrogen) atoms. The van der Waals surface area contributed by atoms with E-state index in [4.69, 9.17) is 55.9 Å². The fraction of sp³-hybridized carbons (Fsp3) is 0.200. The van der Waals surface area contributed by atoms with Crippen molar-refractivity contribution in [2.45, 2.75) is 34.0 Å². The standard InChI is InChI=1S/C25H22Cl4O2/c1-15(2)10-19-7-4-16(3)24(30-13-17-5-8-20(26)22(28)11-17)25(19)31-14-18-6-9-21(27)23(29)12-18/h4-12H,13-14H2,1-3H3. The zero-order chi connectivity index (χ0) is 22.5. The summed E-state index contributed by atoms with van der Waals surface area (Å²) in [6.07, 6.45) is 2.07. The van der Waals surface area contributed by atoms with Gasteiger partial charge in [-0.3, -0.25) is 0 Å². The number of allylic oxidation sites excluding steroid dienone is 1. The van der Waals surface area contributed by atoms with E-state index in [9.17, 15) is 0 Å². The van der Waals surface area contributed by atoms with Crippen LogP contribution in [0.15, 0.2) is 54.1 Å². The largest absolute Gasteiger partial charge is 0.485 e. The van der Waals surface area contributed by atoms with Crippen LogP contribution >= 0.6 is 46.4 Å². The third-order valence-corrected chi connectivity index (χ3v) is 6.00. The molecule has 6 heteroatoms. The molecule has 3 aromatic carbocycles. The minimum Gasteiger partial charge on any atom is -0.485 e. The molecule has 0 N–H and O–H groups in total. The maximum absolute atomic E-state index is 6.24. The van der Waals surface area contributed by atoms with Crippen molar-refractivity contribution in [2.75, 3.05) is 0 Å². The van der Waals surface area contributed by atoms with Gasteiger partial charge in [0.2, 0.25) is 0 Å². The van der Waals surface area contributed by atoms with Gasteiger partial charge in [-0.15, -0.1) is 0 Å². The quantitative estimate of drug-likeness (QED) is 0.325. The molecule has 0 spiro atoms. The highest BCUT2D eigenvalue weighted by Crippen LogP contribution is 2.38. The number of benzene rings is 3. The van der Waals surface area contributed by atoms with Gasteiger partial charge in [0.1, 0.15) is 13.2 Å². The number of rotatable bonds is 7. The van der Waals surface area contributed by atoms with Crippen LogP contribution in [0.4, 0.5) is 0 Å². The SMILES string of the molecule is CC(C)=Cc1ccc(C)c(OCc2ccc(Cl)c(Cl)c2)c1OCc1ccc(Cl)c(Cl)c1. The van der Waals surface area contributed by atoms with Crippen LogP contribution < -0.4 is 9.47 Å². The van der Waals surface area contributed by atoms with Crippen molar-refractivity contribution in [2.24, 2.45) is 0 Å². The molecule has 0 saturated carbocycles. The molecule has 0 fully saturated rings.